The molecule has 6 nitrogen and oxygen atoms in total. The molecule has 2 atom stereocenters. The summed E-state index contributed by atoms with van der Waals surface area (Å²) in [4.78, 5) is 0. The molecular formula is C51H37N5O. The van der Waals surface area contributed by atoms with Gasteiger partial charge in [-0.05, 0) is 65.2 Å². The summed E-state index contributed by atoms with van der Waals surface area (Å²) < 4.78 is 11.7. The highest BCUT2D eigenvalue weighted by Gasteiger charge is 2.30. The van der Waals surface area contributed by atoms with E-state index >= 15 is 0 Å². The Labute approximate surface area is 328 Å². The number of nitrogens with zero attached hydrogens (tertiary/aromatic N) is 2. The topological polar surface area (TPSA) is 59.1 Å². The van der Waals surface area contributed by atoms with Crippen LogP contribution in [-0.2, 0) is 0 Å². The fraction of sp³-hybridized carbons (Fsp3) is 0.0588. The van der Waals surface area contributed by atoms with Crippen molar-refractivity contribution in [3.8, 4) is 11.4 Å². The van der Waals surface area contributed by atoms with Crippen LogP contribution in [0.5, 0.6) is 0 Å². The van der Waals surface area contributed by atoms with E-state index in [1.165, 1.54) is 38.3 Å². The molecule has 1 aliphatic rings. The van der Waals surface area contributed by atoms with Gasteiger partial charge in [0, 0.05) is 43.7 Å². The summed E-state index contributed by atoms with van der Waals surface area (Å²) in [5.74, 6) is 0. The third-order valence-corrected chi connectivity index (χ3v) is 11.8. The molecule has 0 radical (unpaired) electrons. The standard InChI is InChI=1S/C51H37N5O/c1-4-14-32(15-5-1)49-52-50(33-16-6-2-7-17-33)54-51(53-49)34-24-26-36(27-25-34)56-43-31-30-39-37-20-10-12-22-42(37)55(35-18-8-3-9-19-35)46(39)45(43)41-29-28-40-38-21-11-13-23-44(38)57-48(40)47(41)56/h1-31,49-54H. The van der Waals surface area contributed by atoms with Crippen LogP contribution >= 0.6 is 0 Å². The minimum atomic E-state index is -0.0999. The summed E-state index contributed by atoms with van der Waals surface area (Å²) in [5.41, 5.74) is 12.1. The second-order valence-corrected chi connectivity index (χ2v) is 15.0. The zero-order valence-corrected chi connectivity index (χ0v) is 30.9. The fourth-order valence-electron chi connectivity index (χ4n) is 9.26. The lowest BCUT2D eigenvalue weighted by atomic mass is 10.0. The van der Waals surface area contributed by atoms with E-state index in [9.17, 15) is 0 Å². The highest BCUT2D eigenvalue weighted by molar-refractivity contribution is 6.29. The normalized spacial score (nSPS) is 17.4. The van der Waals surface area contributed by atoms with Crippen molar-refractivity contribution >= 4 is 65.6 Å². The lowest BCUT2D eigenvalue weighted by Crippen LogP contribution is -2.54. The Morgan fingerprint density at radius 1 is 0.351 bits per heavy atom. The van der Waals surface area contributed by atoms with Crippen molar-refractivity contribution in [3.05, 3.63) is 205 Å². The van der Waals surface area contributed by atoms with Crippen molar-refractivity contribution < 1.29 is 4.42 Å². The van der Waals surface area contributed by atoms with Gasteiger partial charge in [-0.15, -0.1) is 0 Å². The van der Waals surface area contributed by atoms with Crippen LogP contribution in [0.25, 0.3) is 76.9 Å². The molecule has 0 amide bonds. The number of fused-ring (bicyclic) bond motifs is 11. The molecule has 0 aliphatic carbocycles. The Bertz CT molecular complexity index is 3230. The van der Waals surface area contributed by atoms with E-state index in [1.54, 1.807) is 0 Å². The van der Waals surface area contributed by atoms with Gasteiger partial charge in [0.25, 0.3) is 0 Å². The highest BCUT2D eigenvalue weighted by Crippen LogP contribution is 2.45. The van der Waals surface area contributed by atoms with Gasteiger partial charge < -0.3 is 13.6 Å². The summed E-state index contributed by atoms with van der Waals surface area (Å²) >= 11 is 0. The van der Waals surface area contributed by atoms with Crippen molar-refractivity contribution in [2.75, 3.05) is 0 Å². The molecule has 272 valence electrons. The molecule has 8 aromatic carbocycles. The van der Waals surface area contributed by atoms with Gasteiger partial charge in [0.2, 0.25) is 0 Å². The maximum atomic E-state index is 6.82. The van der Waals surface area contributed by atoms with Crippen molar-refractivity contribution in [1.82, 2.24) is 25.1 Å². The monoisotopic (exact) mass is 735 g/mol. The van der Waals surface area contributed by atoms with Crippen LogP contribution in [0.4, 0.5) is 0 Å². The minimum Gasteiger partial charge on any atom is -0.454 e. The third kappa shape index (κ3) is 5.02. The fourth-order valence-corrected chi connectivity index (χ4v) is 9.26. The molecule has 4 heterocycles. The summed E-state index contributed by atoms with van der Waals surface area (Å²) in [6, 6.07) is 67.2. The van der Waals surface area contributed by atoms with Gasteiger partial charge in [-0.25, -0.2) is 0 Å². The Hall–Kier alpha value is -6.96. The van der Waals surface area contributed by atoms with Gasteiger partial charge in [0.1, 0.15) is 5.58 Å². The van der Waals surface area contributed by atoms with E-state index in [0.29, 0.717) is 0 Å². The Morgan fingerprint density at radius 3 is 1.54 bits per heavy atom. The van der Waals surface area contributed by atoms with E-state index in [4.69, 9.17) is 4.42 Å². The molecular weight excluding hydrogens is 699 g/mol. The predicted octanol–water partition coefficient (Wildman–Crippen LogP) is 12.0. The van der Waals surface area contributed by atoms with Crippen LogP contribution in [0.2, 0.25) is 0 Å². The number of hydrogen-bond acceptors (Lipinski definition) is 4. The molecule has 0 bridgehead atoms. The first-order chi connectivity index (χ1) is 28.3. The van der Waals surface area contributed by atoms with Crippen molar-refractivity contribution in [2.24, 2.45) is 0 Å². The number of furan rings is 1. The van der Waals surface area contributed by atoms with Crippen molar-refractivity contribution in [2.45, 2.75) is 18.5 Å². The molecule has 1 fully saturated rings. The van der Waals surface area contributed by atoms with E-state index in [1.807, 2.05) is 6.07 Å². The van der Waals surface area contributed by atoms with Crippen molar-refractivity contribution in [3.63, 3.8) is 0 Å². The first kappa shape index (κ1) is 32.3. The Kier molecular flexibility index (Phi) is 7.25. The maximum absolute atomic E-state index is 6.82. The first-order valence-corrected chi connectivity index (χ1v) is 19.6. The van der Waals surface area contributed by atoms with Gasteiger partial charge in [-0.1, -0.05) is 140 Å². The van der Waals surface area contributed by atoms with Gasteiger partial charge >= 0.3 is 0 Å². The molecule has 0 saturated carbocycles. The predicted molar refractivity (Wildman–Crippen MR) is 233 cm³/mol. The van der Waals surface area contributed by atoms with Gasteiger partial charge in [0.05, 0.1) is 40.6 Å². The van der Waals surface area contributed by atoms with Crippen LogP contribution < -0.4 is 16.0 Å². The smallest absolute Gasteiger partial charge is 0.160 e. The average molecular weight is 736 g/mol. The molecule has 12 rings (SSSR count). The number of aromatic nitrogens is 2. The number of para-hydroxylation sites is 3. The zero-order valence-electron chi connectivity index (χ0n) is 30.9. The van der Waals surface area contributed by atoms with Crippen LogP contribution in [0.1, 0.15) is 35.2 Å². The van der Waals surface area contributed by atoms with Gasteiger partial charge in [-0.2, -0.15) is 0 Å². The molecule has 1 saturated heterocycles. The quantitative estimate of drug-likeness (QED) is 0.165. The maximum Gasteiger partial charge on any atom is 0.160 e. The van der Waals surface area contributed by atoms with Gasteiger partial charge in [0.15, 0.2) is 5.58 Å². The van der Waals surface area contributed by atoms with Crippen molar-refractivity contribution in [1.29, 1.82) is 0 Å². The second kappa shape index (κ2) is 12.8. The molecule has 2 unspecified atom stereocenters. The lowest BCUT2D eigenvalue weighted by molar-refractivity contribution is 0.203. The average Bonchev–Trinajstić information content (AvgIpc) is 3.95. The summed E-state index contributed by atoms with van der Waals surface area (Å²) in [5, 5.41) is 18.5. The van der Waals surface area contributed by atoms with E-state index in [0.717, 1.165) is 55.3 Å². The summed E-state index contributed by atoms with van der Waals surface area (Å²) in [7, 11) is 0. The number of nitrogens with one attached hydrogen (secondary N) is 3. The lowest BCUT2D eigenvalue weighted by Gasteiger charge is -2.39. The van der Waals surface area contributed by atoms with E-state index in [2.05, 4.69) is 207 Å². The third-order valence-electron chi connectivity index (χ3n) is 11.8. The summed E-state index contributed by atoms with van der Waals surface area (Å²) in [6.07, 6.45) is -0.184. The molecule has 6 heteroatoms. The minimum absolute atomic E-state index is 0.0418. The summed E-state index contributed by atoms with van der Waals surface area (Å²) in [6.45, 7) is 0. The van der Waals surface area contributed by atoms with Crippen LogP contribution in [0, 0.1) is 0 Å². The first-order valence-electron chi connectivity index (χ1n) is 19.6. The van der Waals surface area contributed by atoms with E-state index in [-0.39, 0.29) is 18.5 Å². The van der Waals surface area contributed by atoms with Crippen LogP contribution in [0.3, 0.4) is 0 Å². The second-order valence-electron chi connectivity index (χ2n) is 15.0. The van der Waals surface area contributed by atoms with Crippen LogP contribution in [0.15, 0.2) is 192 Å². The largest absolute Gasteiger partial charge is 0.454 e. The van der Waals surface area contributed by atoms with Gasteiger partial charge in [-0.3, -0.25) is 16.0 Å². The SMILES string of the molecule is c1ccc(C2NC(c3ccccc3)NC(c3ccc(-n4c5ccc6c7ccccc7n(-c7ccccc7)c6c5c5ccc6c7ccccc7oc6c54)cc3)N2)cc1. The molecule has 0 spiro atoms. The molecule has 57 heavy (non-hydrogen) atoms. The highest BCUT2D eigenvalue weighted by atomic mass is 16.3. The van der Waals surface area contributed by atoms with E-state index < -0.39 is 0 Å². The zero-order chi connectivity index (χ0) is 37.5. The number of rotatable bonds is 5. The molecule has 3 aromatic heterocycles. The molecule has 1 aliphatic heterocycles. The number of benzene rings is 8. The molecule has 11 aromatic rings. The Morgan fingerprint density at radius 2 is 0.860 bits per heavy atom. The Balaban J connectivity index is 1.08. The number of hydrogen-bond donors (Lipinski definition) is 3. The van der Waals surface area contributed by atoms with Crippen LogP contribution in [-0.4, -0.2) is 9.13 Å². The molecule has 3 N–H and O–H groups in total.